The van der Waals surface area contributed by atoms with Crippen molar-refractivity contribution in [3.8, 4) is 11.5 Å². The second kappa shape index (κ2) is 10.4. The van der Waals surface area contributed by atoms with Crippen molar-refractivity contribution in [2.24, 2.45) is 0 Å². The van der Waals surface area contributed by atoms with E-state index in [4.69, 9.17) is 33.3 Å². The monoisotopic (exact) mass is 486 g/mol. The number of ether oxygens (including phenoxy) is 2. The molecule has 2 aromatic rings. The van der Waals surface area contributed by atoms with Gasteiger partial charge in [-0.3, -0.25) is 19.8 Å². The summed E-state index contributed by atoms with van der Waals surface area (Å²) in [7, 11) is 0. The van der Waals surface area contributed by atoms with Crippen LogP contribution < -0.4 is 19.7 Å². The van der Waals surface area contributed by atoms with E-state index in [0.717, 1.165) is 5.56 Å². The van der Waals surface area contributed by atoms with E-state index in [9.17, 15) is 9.59 Å². The topological polar surface area (TPSA) is 67.9 Å². The van der Waals surface area contributed by atoms with Gasteiger partial charge in [0.1, 0.15) is 5.57 Å². The minimum Gasteiger partial charge on any atom is -0.490 e. The third-order valence-electron chi connectivity index (χ3n) is 4.92. The number of halogens is 1. The van der Waals surface area contributed by atoms with Gasteiger partial charge in [0.25, 0.3) is 11.8 Å². The first-order chi connectivity index (χ1) is 15.6. The molecule has 0 unspecified atom stereocenters. The van der Waals surface area contributed by atoms with Gasteiger partial charge in [0.05, 0.1) is 23.4 Å². The van der Waals surface area contributed by atoms with Crippen LogP contribution in [0.2, 0.25) is 5.02 Å². The van der Waals surface area contributed by atoms with E-state index in [1.807, 2.05) is 45.0 Å². The Morgan fingerprint density at radius 1 is 1.12 bits per heavy atom. The van der Waals surface area contributed by atoms with Gasteiger partial charge in [-0.2, -0.15) is 0 Å². The van der Waals surface area contributed by atoms with Crippen molar-refractivity contribution in [1.82, 2.24) is 5.32 Å². The van der Waals surface area contributed by atoms with E-state index in [2.05, 4.69) is 19.2 Å². The Labute approximate surface area is 204 Å². The molecule has 0 aliphatic carbocycles. The van der Waals surface area contributed by atoms with E-state index in [1.165, 1.54) is 11.0 Å². The van der Waals surface area contributed by atoms with E-state index in [-0.39, 0.29) is 16.8 Å². The van der Waals surface area contributed by atoms with Crippen molar-refractivity contribution >= 4 is 52.5 Å². The maximum absolute atomic E-state index is 13.3. The van der Waals surface area contributed by atoms with Gasteiger partial charge in [-0.25, -0.2) is 0 Å². The van der Waals surface area contributed by atoms with Gasteiger partial charge in [0.15, 0.2) is 16.6 Å². The molecule has 0 radical (unpaired) electrons. The Bertz CT molecular complexity index is 1110. The highest BCUT2D eigenvalue weighted by atomic mass is 35.5. The van der Waals surface area contributed by atoms with Crippen molar-refractivity contribution in [2.45, 2.75) is 46.6 Å². The molecule has 1 aliphatic heterocycles. The van der Waals surface area contributed by atoms with Gasteiger partial charge >= 0.3 is 0 Å². The lowest BCUT2D eigenvalue weighted by atomic mass is 10.0. The van der Waals surface area contributed by atoms with Crippen molar-refractivity contribution in [2.75, 3.05) is 11.5 Å². The summed E-state index contributed by atoms with van der Waals surface area (Å²) in [5.41, 5.74) is 2.18. The fourth-order valence-electron chi connectivity index (χ4n) is 3.35. The molecule has 8 heteroatoms. The second-order valence-electron chi connectivity index (χ2n) is 8.13. The summed E-state index contributed by atoms with van der Waals surface area (Å²) in [5, 5.41) is 2.95. The number of rotatable bonds is 7. The van der Waals surface area contributed by atoms with Crippen LogP contribution in [-0.4, -0.2) is 29.6 Å². The molecule has 1 saturated heterocycles. The average molecular weight is 487 g/mol. The molecular formula is C25H27ClN2O4S. The number of anilines is 1. The average Bonchev–Trinajstić information content (AvgIpc) is 2.74. The molecule has 0 saturated carbocycles. The van der Waals surface area contributed by atoms with Crippen LogP contribution in [0.4, 0.5) is 5.69 Å². The molecule has 174 valence electrons. The van der Waals surface area contributed by atoms with Crippen LogP contribution in [0.15, 0.2) is 42.0 Å². The molecule has 0 bridgehead atoms. The number of nitrogens with one attached hydrogen (secondary N) is 1. The van der Waals surface area contributed by atoms with Crippen LogP contribution in [0.25, 0.3) is 6.08 Å². The maximum Gasteiger partial charge on any atom is 0.270 e. The number of carbonyl (C=O) groups is 2. The zero-order valence-electron chi connectivity index (χ0n) is 19.3. The van der Waals surface area contributed by atoms with Crippen molar-refractivity contribution in [3.63, 3.8) is 0 Å². The molecule has 1 fully saturated rings. The Morgan fingerprint density at radius 2 is 1.79 bits per heavy atom. The first-order valence-corrected chi connectivity index (χ1v) is 11.5. The Kier molecular flexibility index (Phi) is 7.76. The van der Waals surface area contributed by atoms with E-state index >= 15 is 0 Å². The summed E-state index contributed by atoms with van der Waals surface area (Å²) < 4.78 is 11.5. The molecule has 2 amide bonds. The molecule has 33 heavy (non-hydrogen) atoms. The predicted octanol–water partition coefficient (Wildman–Crippen LogP) is 5.48. The third kappa shape index (κ3) is 5.54. The Hall–Kier alpha value is -2.90. The lowest BCUT2D eigenvalue weighted by Gasteiger charge is -2.29. The van der Waals surface area contributed by atoms with Crippen LogP contribution in [0.3, 0.4) is 0 Å². The smallest absolute Gasteiger partial charge is 0.270 e. The summed E-state index contributed by atoms with van der Waals surface area (Å²) in [6, 6.07) is 10.8. The molecule has 6 nitrogen and oxygen atoms in total. The maximum atomic E-state index is 13.3. The lowest BCUT2D eigenvalue weighted by molar-refractivity contribution is -0.122. The van der Waals surface area contributed by atoms with Gasteiger partial charge in [0, 0.05) is 0 Å². The zero-order valence-corrected chi connectivity index (χ0v) is 20.8. The molecule has 0 aromatic heterocycles. The van der Waals surface area contributed by atoms with Gasteiger partial charge < -0.3 is 9.47 Å². The second-order valence-corrected chi connectivity index (χ2v) is 8.93. The first kappa shape index (κ1) is 24.7. The van der Waals surface area contributed by atoms with Crippen LogP contribution in [0.1, 0.15) is 51.7 Å². The number of thiocarbonyl (C=S) groups is 1. The zero-order chi connectivity index (χ0) is 24.3. The molecule has 1 aliphatic rings. The van der Waals surface area contributed by atoms with Crippen molar-refractivity contribution in [1.29, 1.82) is 0 Å². The highest BCUT2D eigenvalue weighted by Gasteiger charge is 2.34. The van der Waals surface area contributed by atoms with Crippen LogP contribution in [0, 0.1) is 0 Å². The summed E-state index contributed by atoms with van der Waals surface area (Å²) in [6.07, 6.45) is 1.37. The highest BCUT2D eigenvalue weighted by molar-refractivity contribution is 7.80. The summed E-state index contributed by atoms with van der Waals surface area (Å²) in [6.45, 7) is 10.2. The van der Waals surface area contributed by atoms with Crippen molar-refractivity contribution < 1.29 is 19.1 Å². The molecule has 0 spiro atoms. The number of benzene rings is 2. The van der Waals surface area contributed by atoms with Gasteiger partial charge in [-0.05, 0) is 80.4 Å². The summed E-state index contributed by atoms with van der Waals surface area (Å²) >= 11 is 11.7. The van der Waals surface area contributed by atoms with E-state index in [1.54, 1.807) is 12.1 Å². The lowest BCUT2D eigenvalue weighted by Crippen LogP contribution is -2.54. The molecule has 0 atom stereocenters. The number of hydrogen-bond donors (Lipinski definition) is 1. The number of amides is 2. The normalized spacial score (nSPS) is 15.5. The quantitative estimate of drug-likeness (QED) is 0.319. The molecular weight excluding hydrogens is 460 g/mol. The fourth-order valence-corrected chi connectivity index (χ4v) is 3.90. The number of carbonyl (C=O) groups excluding carboxylic acids is 2. The summed E-state index contributed by atoms with van der Waals surface area (Å²) in [4.78, 5) is 27.3. The Morgan fingerprint density at radius 3 is 2.36 bits per heavy atom. The fraction of sp³-hybridized carbons (Fsp3) is 0.320. The van der Waals surface area contributed by atoms with Crippen LogP contribution in [-0.2, 0) is 9.59 Å². The van der Waals surface area contributed by atoms with Gasteiger partial charge in [-0.15, -0.1) is 0 Å². The largest absolute Gasteiger partial charge is 0.490 e. The summed E-state index contributed by atoms with van der Waals surface area (Å²) in [5.74, 6) is 0.119. The molecule has 1 heterocycles. The molecule has 2 aromatic carbocycles. The number of hydrogen-bond acceptors (Lipinski definition) is 5. The van der Waals surface area contributed by atoms with Gasteiger partial charge in [0.2, 0.25) is 0 Å². The number of nitrogens with zero attached hydrogens (tertiary/aromatic N) is 1. The van der Waals surface area contributed by atoms with E-state index in [0.29, 0.717) is 40.3 Å². The van der Waals surface area contributed by atoms with Crippen LogP contribution >= 0.6 is 23.8 Å². The minimum atomic E-state index is -0.573. The third-order valence-corrected chi connectivity index (χ3v) is 5.48. The molecule has 3 rings (SSSR count). The predicted molar refractivity (Wildman–Crippen MR) is 135 cm³/mol. The first-order valence-electron chi connectivity index (χ1n) is 10.8. The minimum absolute atomic E-state index is 0.0353. The van der Waals surface area contributed by atoms with E-state index < -0.39 is 11.8 Å². The van der Waals surface area contributed by atoms with Crippen LogP contribution in [0.5, 0.6) is 11.5 Å². The standard InChI is InChI=1S/C25H27ClN2O4S/c1-6-31-21-13-16(12-20(26)22(21)32-15(4)5)11-19-23(29)27-25(33)28(24(19)30)18-9-7-17(8-10-18)14(2)3/h7-15H,6H2,1-5H3,(H,27,29,33)/b19-11+. The Balaban J connectivity index is 2.00. The highest BCUT2D eigenvalue weighted by Crippen LogP contribution is 2.38. The molecule has 1 N–H and O–H groups in total. The SMILES string of the molecule is CCOc1cc(/C=C2\C(=O)NC(=S)N(c3ccc(C(C)C)cc3)C2=O)cc(Cl)c1OC(C)C. The van der Waals surface area contributed by atoms with Gasteiger partial charge in [-0.1, -0.05) is 37.6 Å². The van der Waals surface area contributed by atoms with Crippen molar-refractivity contribution in [3.05, 3.63) is 58.1 Å².